The Bertz CT molecular complexity index is 393. The van der Waals surface area contributed by atoms with Gasteiger partial charge in [-0.2, -0.15) is 5.01 Å². The van der Waals surface area contributed by atoms with Gasteiger partial charge < -0.3 is 4.52 Å². The number of rotatable bonds is 1. The smallest absolute Gasteiger partial charge is 0.159 e. The monoisotopic (exact) mass is 227 g/mol. The molecule has 0 N–H and O–H groups in total. The van der Waals surface area contributed by atoms with Crippen LogP contribution in [0, 0.1) is 13.8 Å². The number of hydrogen-bond donors (Lipinski definition) is 0. The molecule has 1 aromatic heterocycles. The molecule has 0 aliphatic carbocycles. The highest BCUT2D eigenvalue weighted by atomic mass is 35.5. The van der Waals surface area contributed by atoms with Crippen molar-refractivity contribution in [3.05, 3.63) is 23.2 Å². The normalized spacial score (nSPS) is 22.3. The van der Waals surface area contributed by atoms with Gasteiger partial charge in [0.1, 0.15) is 16.9 Å². The molecule has 5 heteroatoms. The predicted molar refractivity (Wildman–Crippen MR) is 59.6 cm³/mol. The van der Waals surface area contributed by atoms with E-state index in [2.05, 4.69) is 5.16 Å². The van der Waals surface area contributed by atoms with Gasteiger partial charge in [-0.25, -0.2) is 0 Å². The Balaban J connectivity index is 2.44. The van der Waals surface area contributed by atoms with Crippen molar-refractivity contribution in [3.8, 4) is 0 Å². The fourth-order valence-corrected chi connectivity index (χ4v) is 2.12. The summed E-state index contributed by atoms with van der Waals surface area (Å²) < 4.78 is 5.15. The van der Waals surface area contributed by atoms with E-state index in [0.29, 0.717) is 0 Å². The third-order valence-corrected chi connectivity index (χ3v) is 3.00. The molecule has 1 aliphatic heterocycles. The van der Waals surface area contributed by atoms with E-state index in [1.807, 2.05) is 43.9 Å². The summed E-state index contributed by atoms with van der Waals surface area (Å²) >= 11 is 6.13. The Kier molecular flexibility index (Phi) is 2.48. The number of halogens is 1. The van der Waals surface area contributed by atoms with Gasteiger partial charge in [-0.3, -0.25) is 5.01 Å². The van der Waals surface area contributed by atoms with Gasteiger partial charge in [0.2, 0.25) is 0 Å². The maximum Gasteiger partial charge on any atom is 0.159 e. The Hall–Kier alpha value is -1.00. The highest BCUT2D eigenvalue weighted by Gasteiger charge is 2.30. The van der Waals surface area contributed by atoms with Crippen molar-refractivity contribution in [2.75, 3.05) is 12.1 Å². The number of nitrogens with zero attached hydrogens (tertiary/aromatic N) is 3. The minimum atomic E-state index is -0.112. The van der Waals surface area contributed by atoms with Crippen LogP contribution in [0.1, 0.15) is 18.4 Å². The van der Waals surface area contributed by atoms with E-state index in [4.69, 9.17) is 16.1 Å². The number of anilines is 1. The fourth-order valence-electron chi connectivity index (χ4n) is 1.85. The van der Waals surface area contributed by atoms with Crippen molar-refractivity contribution in [2.45, 2.75) is 26.3 Å². The number of alkyl halides is 1. The van der Waals surface area contributed by atoms with E-state index in [1.165, 1.54) is 0 Å². The molecule has 1 unspecified atom stereocenters. The van der Waals surface area contributed by atoms with E-state index in [9.17, 15) is 0 Å². The molecule has 4 nitrogen and oxygen atoms in total. The Morgan fingerprint density at radius 2 is 2.07 bits per heavy atom. The standard InChI is InChI=1S/C10H14ClN3O/c1-6-5-9(11)13(4)14(6)10-7(2)12-15-8(10)3/h5,9H,1-4H3. The summed E-state index contributed by atoms with van der Waals surface area (Å²) in [6.07, 6.45) is 1.99. The van der Waals surface area contributed by atoms with Crippen LogP contribution >= 0.6 is 11.6 Å². The topological polar surface area (TPSA) is 32.5 Å². The molecule has 1 atom stereocenters. The van der Waals surface area contributed by atoms with Crippen molar-refractivity contribution in [2.24, 2.45) is 0 Å². The third-order valence-electron chi connectivity index (χ3n) is 2.59. The van der Waals surface area contributed by atoms with E-state index in [1.54, 1.807) is 0 Å². The molecule has 2 heterocycles. The summed E-state index contributed by atoms with van der Waals surface area (Å²) in [4.78, 5) is 0. The van der Waals surface area contributed by atoms with Gasteiger partial charge >= 0.3 is 0 Å². The first kappa shape index (κ1) is 10.5. The number of hydrazine groups is 1. The quantitative estimate of drug-likeness (QED) is 0.545. The minimum absolute atomic E-state index is 0.112. The first-order valence-electron chi connectivity index (χ1n) is 4.80. The molecule has 15 heavy (non-hydrogen) atoms. The zero-order valence-corrected chi connectivity index (χ0v) is 10.0. The predicted octanol–water partition coefficient (Wildman–Crippen LogP) is 2.43. The molecule has 1 aromatic rings. The number of aryl methyl sites for hydroxylation is 2. The summed E-state index contributed by atoms with van der Waals surface area (Å²) in [7, 11) is 1.94. The maximum absolute atomic E-state index is 6.13. The van der Waals surface area contributed by atoms with Crippen LogP contribution in [0.15, 0.2) is 16.3 Å². The number of allylic oxidation sites excluding steroid dienone is 1. The van der Waals surface area contributed by atoms with Gasteiger partial charge in [0.05, 0.1) is 0 Å². The highest BCUT2D eigenvalue weighted by molar-refractivity contribution is 6.21. The molecule has 0 amide bonds. The molecule has 2 rings (SSSR count). The van der Waals surface area contributed by atoms with E-state index >= 15 is 0 Å². The van der Waals surface area contributed by atoms with Gasteiger partial charge in [-0.15, -0.1) is 0 Å². The zero-order chi connectivity index (χ0) is 11.2. The molecule has 0 bridgehead atoms. The SMILES string of the molecule is CC1=CC(Cl)N(C)N1c1c(C)noc1C. The molecular formula is C10H14ClN3O. The summed E-state index contributed by atoms with van der Waals surface area (Å²) in [6, 6.07) is 0. The molecule has 0 radical (unpaired) electrons. The van der Waals surface area contributed by atoms with E-state index in [0.717, 1.165) is 22.8 Å². The van der Waals surface area contributed by atoms with Crippen molar-refractivity contribution in [1.29, 1.82) is 0 Å². The van der Waals surface area contributed by atoms with Gasteiger partial charge in [0.25, 0.3) is 0 Å². The Morgan fingerprint density at radius 1 is 1.40 bits per heavy atom. The van der Waals surface area contributed by atoms with Crippen LogP contribution in [-0.2, 0) is 0 Å². The molecule has 1 aliphatic rings. The van der Waals surface area contributed by atoms with Crippen LogP contribution in [0.25, 0.3) is 0 Å². The molecule has 0 saturated carbocycles. The summed E-state index contributed by atoms with van der Waals surface area (Å²) in [6.45, 7) is 5.84. The fraction of sp³-hybridized carbons (Fsp3) is 0.500. The number of hydrogen-bond acceptors (Lipinski definition) is 4. The van der Waals surface area contributed by atoms with Crippen molar-refractivity contribution < 1.29 is 4.52 Å². The summed E-state index contributed by atoms with van der Waals surface area (Å²) in [5.41, 5.74) is 2.83. The molecule has 0 saturated heterocycles. The first-order valence-corrected chi connectivity index (χ1v) is 5.24. The van der Waals surface area contributed by atoms with Crippen LogP contribution in [-0.4, -0.2) is 22.7 Å². The number of likely N-dealkylation sites (N-methyl/N-ethyl adjacent to an activating group) is 1. The summed E-state index contributed by atoms with van der Waals surface area (Å²) in [5, 5.41) is 7.92. The molecule has 0 spiro atoms. The Morgan fingerprint density at radius 3 is 2.47 bits per heavy atom. The van der Waals surface area contributed by atoms with E-state index in [-0.39, 0.29) is 5.50 Å². The van der Waals surface area contributed by atoms with Gasteiger partial charge in [-0.05, 0) is 26.8 Å². The lowest BCUT2D eigenvalue weighted by Gasteiger charge is -2.29. The molecular weight excluding hydrogens is 214 g/mol. The van der Waals surface area contributed by atoms with Crippen LogP contribution in [0.5, 0.6) is 0 Å². The second-order valence-electron chi connectivity index (χ2n) is 3.74. The lowest BCUT2D eigenvalue weighted by molar-refractivity contribution is 0.357. The average Bonchev–Trinajstić information content (AvgIpc) is 2.59. The average molecular weight is 228 g/mol. The maximum atomic E-state index is 6.13. The van der Waals surface area contributed by atoms with Crippen LogP contribution < -0.4 is 5.01 Å². The van der Waals surface area contributed by atoms with Gasteiger partial charge in [0.15, 0.2) is 5.76 Å². The lowest BCUT2D eigenvalue weighted by atomic mass is 10.3. The van der Waals surface area contributed by atoms with Crippen molar-refractivity contribution in [1.82, 2.24) is 10.2 Å². The lowest BCUT2D eigenvalue weighted by Crippen LogP contribution is -2.37. The number of aromatic nitrogens is 1. The zero-order valence-electron chi connectivity index (χ0n) is 9.28. The first-order chi connectivity index (χ1) is 7.02. The molecule has 82 valence electrons. The Labute approximate surface area is 94.0 Å². The van der Waals surface area contributed by atoms with Gasteiger partial charge in [-0.1, -0.05) is 16.8 Å². The molecule has 0 aromatic carbocycles. The highest BCUT2D eigenvalue weighted by Crippen LogP contribution is 2.33. The van der Waals surface area contributed by atoms with Crippen molar-refractivity contribution >= 4 is 17.3 Å². The van der Waals surface area contributed by atoms with Crippen LogP contribution in [0.2, 0.25) is 0 Å². The second-order valence-corrected chi connectivity index (χ2v) is 4.19. The van der Waals surface area contributed by atoms with Crippen LogP contribution in [0.3, 0.4) is 0 Å². The van der Waals surface area contributed by atoms with Crippen molar-refractivity contribution in [3.63, 3.8) is 0 Å². The largest absolute Gasteiger partial charge is 0.359 e. The third kappa shape index (κ3) is 1.54. The van der Waals surface area contributed by atoms with E-state index < -0.39 is 0 Å². The minimum Gasteiger partial charge on any atom is -0.359 e. The second kappa shape index (κ2) is 3.54. The molecule has 0 fully saturated rings. The van der Waals surface area contributed by atoms with Gasteiger partial charge in [0, 0.05) is 12.7 Å². The van der Waals surface area contributed by atoms with Crippen LogP contribution in [0.4, 0.5) is 5.69 Å². The summed E-state index contributed by atoms with van der Waals surface area (Å²) in [5.74, 6) is 0.804.